The Morgan fingerprint density at radius 3 is 2.71 bits per heavy atom. The van der Waals surface area contributed by atoms with Crippen molar-refractivity contribution in [2.24, 2.45) is 7.05 Å². The summed E-state index contributed by atoms with van der Waals surface area (Å²) < 4.78 is 12.7. The summed E-state index contributed by atoms with van der Waals surface area (Å²) in [6, 6.07) is 9.56. The van der Waals surface area contributed by atoms with E-state index in [0.717, 1.165) is 22.4 Å². The Morgan fingerprint density at radius 2 is 1.97 bits per heavy atom. The number of rotatable bonds is 5. The van der Waals surface area contributed by atoms with E-state index in [1.807, 2.05) is 38.1 Å². The lowest BCUT2D eigenvalue weighted by Crippen LogP contribution is -2.26. The van der Waals surface area contributed by atoms with Crippen molar-refractivity contribution in [3.8, 4) is 11.6 Å². The van der Waals surface area contributed by atoms with Gasteiger partial charge in [0.1, 0.15) is 23.2 Å². The van der Waals surface area contributed by atoms with E-state index in [-0.39, 0.29) is 28.8 Å². The smallest absolute Gasteiger partial charge is 0.265 e. The second-order valence-corrected chi connectivity index (χ2v) is 7.43. The predicted octanol–water partition coefficient (Wildman–Crippen LogP) is 3.57. The normalized spacial score (nSPS) is 11.0. The maximum Gasteiger partial charge on any atom is 0.265 e. The molecule has 3 heterocycles. The Labute approximate surface area is 178 Å². The van der Waals surface area contributed by atoms with Gasteiger partial charge < -0.3 is 19.0 Å². The van der Waals surface area contributed by atoms with Crippen molar-refractivity contribution in [3.63, 3.8) is 0 Å². The van der Waals surface area contributed by atoms with Crippen LogP contribution in [0.3, 0.4) is 0 Å². The SMILES string of the molecule is Cc1ccc(C)c(Oc2ccc(CNC(=O)c3c(C)oc4ncn(C)c(=O)c34)cn2)c1. The number of hydrogen-bond donors (Lipinski definition) is 1. The first kappa shape index (κ1) is 20.3. The highest BCUT2D eigenvalue weighted by Gasteiger charge is 2.22. The molecule has 0 fully saturated rings. The topological polar surface area (TPSA) is 99.2 Å². The van der Waals surface area contributed by atoms with Gasteiger partial charge in [0.2, 0.25) is 11.6 Å². The van der Waals surface area contributed by atoms with Crippen LogP contribution in [0, 0.1) is 20.8 Å². The number of carbonyl (C=O) groups excluding carboxylic acids is 1. The highest BCUT2D eigenvalue weighted by atomic mass is 16.5. The van der Waals surface area contributed by atoms with Crippen LogP contribution in [0.1, 0.15) is 32.8 Å². The number of benzene rings is 1. The standard InChI is InChI=1S/C23H22N4O4/c1-13-5-6-14(2)17(9-13)31-18-8-7-16(10-24-18)11-25-21(28)19-15(3)30-22-20(19)23(29)27(4)12-26-22/h5-10,12H,11H2,1-4H3,(H,25,28). The molecule has 0 unspecified atom stereocenters. The quantitative estimate of drug-likeness (QED) is 0.532. The molecule has 0 aliphatic rings. The van der Waals surface area contributed by atoms with E-state index < -0.39 is 5.91 Å². The third-order valence-corrected chi connectivity index (χ3v) is 4.98. The van der Waals surface area contributed by atoms with Gasteiger partial charge in [-0.2, -0.15) is 0 Å². The maximum atomic E-state index is 12.8. The number of hydrogen-bond acceptors (Lipinski definition) is 6. The van der Waals surface area contributed by atoms with Gasteiger partial charge in [0.05, 0.1) is 5.56 Å². The minimum absolute atomic E-state index is 0.153. The van der Waals surface area contributed by atoms with E-state index in [1.165, 1.54) is 10.9 Å². The molecule has 0 aliphatic heterocycles. The van der Waals surface area contributed by atoms with Crippen molar-refractivity contribution in [3.05, 3.63) is 81.2 Å². The molecule has 0 saturated heterocycles. The van der Waals surface area contributed by atoms with Crippen LogP contribution in [0.25, 0.3) is 11.1 Å². The molecule has 0 saturated carbocycles. The lowest BCUT2D eigenvalue weighted by Gasteiger charge is -2.09. The van der Waals surface area contributed by atoms with Crippen LogP contribution in [-0.2, 0) is 13.6 Å². The fourth-order valence-electron chi connectivity index (χ4n) is 3.24. The van der Waals surface area contributed by atoms with Crippen LogP contribution in [0.15, 0.2) is 52.1 Å². The van der Waals surface area contributed by atoms with Crippen molar-refractivity contribution < 1.29 is 13.9 Å². The molecule has 8 heteroatoms. The Balaban J connectivity index is 1.48. The van der Waals surface area contributed by atoms with Gasteiger partial charge in [-0.1, -0.05) is 18.2 Å². The van der Waals surface area contributed by atoms with Gasteiger partial charge in [-0.25, -0.2) is 9.97 Å². The second-order valence-electron chi connectivity index (χ2n) is 7.43. The molecular formula is C23H22N4O4. The van der Waals surface area contributed by atoms with Gasteiger partial charge in [-0.15, -0.1) is 0 Å². The van der Waals surface area contributed by atoms with Gasteiger partial charge in [0.25, 0.3) is 11.5 Å². The third kappa shape index (κ3) is 4.05. The fourth-order valence-corrected chi connectivity index (χ4v) is 3.24. The van der Waals surface area contributed by atoms with E-state index in [4.69, 9.17) is 9.15 Å². The van der Waals surface area contributed by atoms with Crippen LogP contribution in [-0.4, -0.2) is 20.4 Å². The first-order valence-corrected chi connectivity index (χ1v) is 9.76. The third-order valence-electron chi connectivity index (χ3n) is 4.98. The van der Waals surface area contributed by atoms with Gasteiger partial charge >= 0.3 is 0 Å². The predicted molar refractivity (Wildman–Crippen MR) is 115 cm³/mol. The molecule has 3 aromatic heterocycles. The molecule has 31 heavy (non-hydrogen) atoms. The van der Waals surface area contributed by atoms with E-state index in [9.17, 15) is 9.59 Å². The first-order valence-electron chi connectivity index (χ1n) is 9.76. The van der Waals surface area contributed by atoms with Crippen molar-refractivity contribution in [1.29, 1.82) is 0 Å². The van der Waals surface area contributed by atoms with Crippen LogP contribution in [0.2, 0.25) is 0 Å². The number of aryl methyl sites for hydroxylation is 4. The van der Waals surface area contributed by atoms with Gasteiger partial charge in [-0.05, 0) is 43.5 Å². The Bertz CT molecular complexity index is 1340. The van der Waals surface area contributed by atoms with Crippen molar-refractivity contribution in [2.75, 3.05) is 0 Å². The summed E-state index contributed by atoms with van der Waals surface area (Å²) in [5.74, 6) is 1.16. The number of fused-ring (bicyclic) bond motifs is 1. The number of amides is 1. The van der Waals surface area contributed by atoms with E-state index in [2.05, 4.69) is 15.3 Å². The van der Waals surface area contributed by atoms with Crippen LogP contribution < -0.4 is 15.6 Å². The van der Waals surface area contributed by atoms with Gasteiger partial charge in [-0.3, -0.25) is 9.59 Å². The Hall–Kier alpha value is -3.94. The molecular weight excluding hydrogens is 396 g/mol. The summed E-state index contributed by atoms with van der Waals surface area (Å²) in [6.45, 7) is 5.85. The van der Waals surface area contributed by atoms with E-state index >= 15 is 0 Å². The fraction of sp³-hybridized carbons (Fsp3) is 0.217. The maximum absolute atomic E-state index is 12.8. The molecule has 0 radical (unpaired) electrons. The molecule has 4 rings (SSSR count). The van der Waals surface area contributed by atoms with E-state index in [0.29, 0.717) is 11.6 Å². The molecule has 8 nitrogen and oxygen atoms in total. The Morgan fingerprint density at radius 1 is 1.16 bits per heavy atom. The zero-order valence-electron chi connectivity index (χ0n) is 17.7. The number of pyridine rings is 1. The van der Waals surface area contributed by atoms with Crippen molar-refractivity contribution >= 4 is 17.0 Å². The van der Waals surface area contributed by atoms with Crippen LogP contribution >= 0.6 is 0 Å². The Kier molecular flexibility index (Phi) is 5.29. The molecule has 0 bridgehead atoms. The first-order chi connectivity index (χ1) is 14.8. The number of nitrogens with one attached hydrogen (secondary N) is 1. The minimum Gasteiger partial charge on any atom is -0.442 e. The summed E-state index contributed by atoms with van der Waals surface area (Å²) in [4.78, 5) is 33.6. The lowest BCUT2D eigenvalue weighted by molar-refractivity contribution is 0.0950. The van der Waals surface area contributed by atoms with Gasteiger partial charge in [0, 0.05) is 25.9 Å². The number of furan rings is 1. The van der Waals surface area contributed by atoms with E-state index in [1.54, 1.807) is 26.2 Å². The minimum atomic E-state index is -0.405. The average Bonchev–Trinajstić information content (AvgIpc) is 3.09. The molecule has 1 aromatic carbocycles. The number of nitrogens with zero attached hydrogens (tertiary/aromatic N) is 3. The van der Waals surface area contributed by atoms with Crippen LogP contribution in [0.5, 0.6) is 11.6 Å². The summed E-state index contributed by atoms with van der Waals surface area (Å²) in [7, 11) is 1.58. The molecule has 0 spiro atoms. The number of aromatic nitrogens is 3. The zero-order chi connectivity index (χ0) is 22.1. The largest absolute Gasteiger partial charge is 0.442 e. The molecule has 0 aliphatic carbocycles. The van der Waals surface area contributed by atoms with Crippen molar-refractivity contribution in [2.45, 2.75) is 27.3 Å². The summed E-state index contributed by atoms with van der Waals surface area (Å²) >= 11 is 0. The van der Waals surface area contributed by atoms with Crippen LogP contribution in [0.4, 0.5) is 0 Å². The highest BCUT2D eigenvalue weighted by Crippen LogP contribution is 2.25. The summed E-state index contributed by atoms with van der Waals surface area (Å²) in [5, 5.41) is 2.99. The lowest BCUT2D eigenvalue weighted by atomic mass is 10.1. The summed E-state index contributed by atoms with van der Waals surface area (Å²) in [5.41, 5.74) is 2.94. The summed E-state index contributed by atoms with van der Waals surface area (Å²) in [6.07, 6.45) is 3.00. The number of ether oxygens (including phenoxy) is 1. The molecule has 158 valence electrons. The van der Waals surface area contributed by atoms with Gasteiger partial charge in [0.15, 0.2) is 0 Å². The zero-order valence-corrected chi connectivity index (χ0v) is 17.7. The van der Waals surface area contributed by atoms with Crippen molar-refractivity contribution in [1.82, 2.24) is 19.9 Å². The highest BCUT2D eigenvalue weighted by molar-refractivity contribution is 6.06. The average molecular weight is 418 g/mol. The molecule has 4 aromatic rings. The molecule has 1 amide bonds. The monoisotopic (exact) mass is 418 g/mol. The second kappa shape index (κ2) is 8.06. The number of carbonyl (C=O) groups is 1. The molecule has 0 atom stereocenters. The molecule has 1 N–H and O–H groups in total.